The topological polar surface area (TPSA) is 71.8 Å². The molecule has 2 aromatic rings. The van der Waals surface area contributed by atoms with Gasteiger partial charge in [-0.3, -0.25) is 4.68 Å². The Balaban J connectivity index is 2.34. The molecule has 0 fully saturated rings. The number of anilines is 2. The third kappa shape index (κ3) is 3.14. The summed E-state index contributed by atoms with van der Waals surface area (Å²) >= 11 is 1.47. The van der Waals surface area contributed by atoms with Crippen molar-refractivity contribution in [3.63, 3.8) is 0 Å². The summed E-state index contributed by atoms with van der Waals surface area (Å²) in [6, 6.07) is 2.00. The van der Waals surface area contributed by atoms with Crippen molar-refractivity contribution in [3.8, 4) is 0 Å². The second-order valence-electron chi connectivity index (χ2n) is 4.24. The molecule has 0 aromatic carbocycles. The molecule has 0 aliphatic carbocycles. The Kier molecular flexibility index (Phi) is 3.89. The van der Waals surface area contributed by atoms with Crippen LogP contribution in [0.15, 0.2) is 16.2 Å². The molecule has 0 amide bonds. The molecule has 0 aliphatic rings. The molecule has 8 heteroatoms. The lowest BCUT2D eigenvalue weighted by molar-refractivity contribution is 0.691. The van der Waals surface area contributed by atoms with Crippen molar-refractivity contribution in [2.24, 2.45) is 7.05 Å². The second kappa shape index (κ2) is 5.43. The first kappa shape index (κ1) is 13.6. The first-order valence-electron chi connectivity index (χ1n) is 5.79. The lowest BCUT2D eigenvalue weighted by atomic mass is 10.5. The van der Waals surface area contributed by atoms with E-state index in [1.807, 2.05) is 43.7 Å². The first-order valence-corrected chi connectivity index (χ1v) is 6.61. The zero-order valence-corrected chi connectivity index (χ0v) is 12.5. The Morgan fingerprint density at radius 1 is 1.26 bits per heavy atom. The summed E-state index contributed by atoms with van der Waals surface area (Å²) in [5, 5.41) is 8.89. The van der Waals surface area contributed by atoms with Crippen LogP contribution in [0.1, 0.15) is 5.69 Å². The van der Waals surface area contributed by atoms with Crippen LogP contribution in [-0.2, 0) is 7.05 Å². The number of rotatable bonds is 4. The van der Waals surface area contributed by atoms with E-state index in [9.17, 15) is 0 Å². The minimum atomic E-state index is 0.556. The molecule has 7 nitrogen and oxygen atoms in total. The van der Waals surface area contributed by atoms with Crippen LogP contribution in [0.4, 0.5) is 11.9 Å². The van der Waals surface area contributed by atoms with Crippen LogP contribution >= 0.6 is 11.8 Å². The van der Waals surface area contributed by atoms with Crippen molar-refractivity contribution in [1.29, 1.82) is 0 Å². The van der Waals surface area contributed by atoms with E-state index in [1.54, 1.807) is 7.05 Å². The quantitative estimate of drug-likeness (QED) is 0.900. The third-order valence-electron chi connectivity index (χ3n) is 2.38. The SMILES string of the molecule is CNc1nc(Sc2cc(C)nn2C)nc(N(C)C)n1. The molecule has 0 aliphatic heterocycles. The highest BCUT2D eigenvalue weighted by atomic mass is 32.2. The van der Waals surface area contributed by atoms with Crippen LogP contribution < -0.4 is 10.2 Å². The molecule has 2 heterocycles. The monoisotopic (exact) mass is 279 g/mol. The Bertz CT molecular complexity index is 578. The molecule has 0 saturated carbocycles. The molecule has 0 saturated heterocycles. The molecule has 102 valence electrons. The van der Waals surface area contributed by atoms with Gasteiger partial charge in [0.1, 0.15) is 5.03 Å². The molecule has 1 N–H and O–H groups in total. The van der Waals surface area contributed by atoms with Gasteiger partial charge in [0, 0.05) is 28.2 Å². The van der Waals surface area contributed by atoms with Crippen molar-refractivity contribution >= 4 is 23.7 Å². The van der Waals surface area contributed by atoms with E-state index in [-0.39, 0.29) is 0 Å². The summed E-state index contributed by atoms with van der Waals surface area (Å²) < 4.78 is 1.82. The largest absolute Gasteiger partial charge is 0.357 e. The van der Waals surface area contributed by atoms with Crippen molar-refractivity contribution in [1.82, 2.24) is 24.7 Å². The molecule has 0 unspecified atom stereocenters. The number of aromatic nitrogens is 5. The molecule has 0 atom stereocenters. The molecule has 0 radical (unpaired) electrons. The zero-order valence-electron chi connectivity index (χ0n) is 11.7. The standard InChI is InChI=1S/C11H17N7S/c1-7-6-8(18(5)16-7)19-11-14-9(12-2)13-10(15-11)17(3)4/h6H,1-5H3,(H,12,13,14,15). The molecule has 0 bridgehead atoms. The summed E-state index contributed by atoms with van der Waals surface area (Å²) in [6.45, 7) is 1.96. The van der Waals surface area contributed by atoms with E-state index in [4.69, 9.17) is 0 Å². The number of hydrogen-bond donors (Lipinski definition) is 1. The maximum atomic E-state index is 4.41. The number of nitrogens with one attached hydrogen (secondary N) is 1. The smallest absolute Gasteiger partial charge is 0.230 e. The van der Waals surface area contributed by atoms with Gasteiger partial charge < -0.3 is 10.2 Å². The Hall–Kier alpha value is -1.83. The number of aryl methyl sites for hydroxylation is 2. The van der Waals surface area contributed by atoms with Gasteiger partial charge in [0.15, 0.2) is 0 Å². The number of nitrogens with zero attached hydrogens (tertiary/aromatic N) is 6. The minimum Gasteiger partial charge on any atom is -0.357 e. The van der Waals surface area contributed by atoms with Crippen LogP contribution in [-0.4, -0.2) is 45.9 Å². The lowest BCUT2D eigenvalue weighted by Gasteiger charge is -2.12. The van der Waals surface area contributed by atoms with E-state index in [0.717, 1.165) is 10.7 Å². The van der Waals surface area contributed by atoms with Crippen LogP contribution in [0.25, 0.3) is 0 Å². The molecule has 19 heavy (non-hydrogen) atoms. The maximum absolute atomic E-state index is 4.41. The summed E-state index contributed by atoms with van der Waals surface area (Å²) in [5.74, 6) is 1.18. The molecule has 2 aromatic heterocycles. The van der Waals surface area contributed by atoms with Crippen molar-refractivity contribution < 1.29 is 0 Å². The summed E-state index contributed by atoms with van der Waals surface area (Å²) in [5.41, 5.74) is 0.973. The molecule has 0 spiro atoms. The van der Waals surface area contributed by atoms with Gasteiger partial charge in [0.05, 0.1) is 5.69 Å². The highest BCUT2D eigenvalue weighted by Crippen LogP contribution is 2.26. The van der Waals surface area contributed by atoms with E-state index in [2.05, 4.69) is 25.4 Å². The fourth-order valence-electron chi connectivity index (χ4n) is 1.48. The van der Waals surface area contributed by atoms with Gasteiger partial charge in [-0.15, -0.1) is 0 Å². The van der Waals surface area contributed by atoms with Gasteiger partial charge in [0.25, 0.3) is 0 Å². The number of hydrogen-bond acceptors (Lipinski definition) is 7. The van der Waals surface area contributed by atoms with Gasteiger partial charge in [0.2, 0.25) is 17.1 Å². The molecular formula is C11H17N7S. The summed E-state index contributed by atoms with van der Waals surface area (Å²) in [6.07, 6.45) is 0. The Morgan fingerprint density at radius 2 is 2.00 bits per heavy atom. The summed E-state index contributed by atoms with van der Waals surface area (Å²) in [7, 11) is 7.49. The van der Waals surface area contributed by atoms with E-state index in [0.29, 0.717) is 17.1 Å². The normalized spacial score (nSPS) is 10.6. The summed E-state index contributed by atoms with van der Waals surface area (Å²) in [4.78, 5) is 14.9. The van der Waals surface area contributed by atoms with Gasteiger partial charge >= 0.3 is 0 Å². The van der Waals surface area contributed by atoms with Crippen LogP contribution in [0.2, 0.25) is 0 Å². The predicted molar refractivity (Wildman–Crippen MR) is 75.8 cm³/mol. The average molecular weight is 279 g/mol. The minimum absolute atomic E-state index is 0.556. The lowest BCUT2D eigenvalue weighted by Crippen LogP contribution is -2.15. The van der Waals surface area contributed by atoms with Crippen molar-refractivity contribution in [2.45, 2.75) is 17.1 Å². The van der Waals surface area contributed by atoms with Crippen LogP contribution in [0.5, 0.6) is 0 Å². The highest BCUT2D eigenvalue weighted by Gasteiger charge is 2.11. The Morgan fingerprint density at radius 3 is 2.53 bits per heavy atom. The maximum Gasteiger partial charge on any atom is 0.230 e. The zero-order chi connectivity index (χ0) is 14.0. The van der Waals surface area contributed by atoms with Gasteiger partial charge in [-0.05, 0) is 24.8 Å². The van der Waals surface area contributed by atoms with Crippen LogP contribution in [0.3, 0.4) is 0 Å². The molecule has 2 rings (SSSR count). The van der Waals surface area contributed by atoms with Gasteiger partial charge in [-0.25, -0.2) is 0 Å². The van der Waals surface area contributed by atoms with Gasteiger partial charge in [-0.2, -0.15) is 20.1 Å². The fraction of sp³-hybridized carbons (Fsp3) is 0.455. The fourth-order valence-corrected chi connectivity index (χ4v) is 2.33. The van der Waals surface area contributed by atoms with E-state index >= 15 is 0 Å². The predicted octanol–water partition coefficient (Wildman–Crippen LogP) is 1.17. The highest BCUT2D eigenvalue weighted by molar-refractivity contribution is 7.99. The van der Waals surface area contributed by atoms with E-state index < -0.39 is 0 Å². The molecular weight excluding hydrogens is 262 g/mol. The van der Waals surface area contributed by atoms with E-state index in [1.165, 1.54) is 11.8 Å². The second-order valence-corrected chi connectivity index (χ2v) is 5.22. The third-order valence-corrected chi connectivity index (χ3v) is 3.34. The van der Waals surface area contributed by atoms with Gasteiger partial charge in [-0.1, -0.05) is 0 Å². The van der Waals surface area contributed by atoms with Crippen molar-refractivity contribution in [2.75, 3.05) is 31.4 Å². The van der Waals surface area contributed by atoms with Crippen molar-refractivity contribution in [3.05, 3.63) is 11.8 Å². The van der Waals surface area contributed by atoms with Crippen LogP contribution in [0, 0.1) is 6.92 Å². The Labute approximate surface area is 116 Å². The first-order chi connectivity index (χ1) is 8.99. The average Bonchev–Trinajstić information content (AvgIpc) is 2.67.